The molecule has 32 heavy (non-hydrogen) atoms. The molecule has 11 heteroatoms. The van der Waals surface area contributed by atoms with Gasteiger partial charge < -0.3 is 21.3 Å². The maximum atomic E-state index is 13.0. The summed E-state index contributed by atoms with van der Waals surface area (Å²) < 4.78 is 0. The molecule has 2 aliphatic heterocycles. The van der Waals surface area contributed by atoms with Gasteiger partial charge in [0.2, 0.25) is 17.7 Å². The monoisotopic (exact) mass is 495 g/mol. The van der Waals surface area contributed by atoms with E-state index in [1.54, 1.807) is 36.4 Å². The van der Waals surface area contributed by atoms with Crippen LogP contribution in [-0.2, 0) is 14.4 Å². The third kappa shape index (κ3) is 4.94. The zero-order chi connectivity index (χ0) is 23.0. The second kappa shape index (κ2) is 9.15. The molecule has 0 bridgehead atoms. The van der Waals surface area contributed by atoms with Crippen LogP contribution in [0, 0.1) is 18.8 Å². The van der Waals surface area contributed by atoms with E-state index >= 15 is 0 Å². The fourth-order valence-corrected chi connectivity index (χ4v) is 4.57. The van der Waals surface area contributed by atoms with Crippen molar-refractivity contribution >= 4 is 63.9 Å². The molecule has 4 atom stereocenters. The van der Waals surface area contributed by atoms with Gasteiger partial charge in [0.15, 0.2) is 6.29 Å². The third-order valence-electron chi connectivity index (χ3n) is 5.40. The van der Waals surface area contributed by atoms with Gasteiger partial charge in [-0.25, -0.2) is 0 Å². The Labute approximate surface area is 199 Å². The minimum Gasteiger partial charge on any atom is -0.353 e. The number of piperidine rings is 1. The predicted molar refractivity (Wildman–Crippen MR) is 123 cm³/mol. The minimum atomic E-state index is -0.858. The van der Waals surface area contributed by atoms with Gasteiger partial charge in [-0.2, -0.15) is 0 Å². The molecule has 2 aromatic rings. The lowest BCUT2D eigenvalue weighted by atomic mass is 9.81. The van der Waals surface area contributed by atoms with Crippen LogP contribution in [0.4, 0.5) is 11.4 Å². The summed E-state index contributed by atoms with van der Waals surface area (Å²) in [5.41, 5.74) is 1.94. The van der Waals surface area contributed by atoms with Crippen LogP contribution in [0.3, 0.4) is 0 Å². The second-order valence-electron chi connectivity index (χ2n) is 7.75. The summed E-state index contributed by atoms with van der Waals surface area (Å²) >= 11 is 18.2. The highest BCUT2D eigenvalue weighted by Gasteiger charge is 2.48. The van der Waals surface area contributed by atoms with Gasteiger partial charge in [-0.15, -0.1) is 0 Å². The fourth-order valence-electron chi connectivity index (χ4n) is 3.86. The van der Waals surface area contributed by atoms with Crippen molar-refractivity contribution in [2.75, 3.05) is 10.6 Å². The summed E-state index contributed by atoms with van der Waals surface area (Å²) in [6.07, 6.45) is -1.56. The van der Waals surface area contributed by atoms with Crippen molar-refractivity contribution in [2.45, 2.75) is 25.8 Å². The van der Waals surface area contributed by atoms with Crippen LogP contribution < -0.4 is 26.6 Å². The van der Waals surface area contributed by atoms with Crippen LogP contribution in [-0.4, -0.2) is 30.2 Å². The molecule has 0 aromatic heterocycles. The zero-order valence-corrected chi connectivity index (χ0v) is 19.1. The standard InChI is InChI=1S/C21H20Cl3N5O3/c1-9-2-3-12(7-15(9)24)25-19(31)14-8-16(30)27-18-17(14)20(32)29-21(28-18)26-13-5-10(22)4-11(23)6-13/h2-7,14,17-18,21,26,28H,8H2,1H3,(H,25,31)(H,27,30)(H,29,32). The lowest BCUT2D eigenvalue weighted by molar-refractivity contribution is -0.144. The van der Waals surface area contributed by atoms with Crippen LogP contribution in [0.15, 0.2) is 36.4 Å². The van der Waals surface area contributed by atoms with Crippen molar-refractivity contribution in [3.63, 3.8) is 0 Å². The maximum Gasteiger partial charge on any atom is 0.229 e. The van der Waals surface area contributed by atoms with Crippen molar-refractivity contribution in [1.82, 2.24) is 16.0 Å². The smallest absolute Gasteiger partial charge is 0.229 e. The normalized spacial score (nSPS) is 24.8. The van der Waals surface area contributed by atoms with Crippen molar-refractivity contribution in [3.8, 4) is 0 Å². The first kappa shape index (κ1) is 22.7. The van der Waals surface area contributed by atoms with Gasteiger partial charge in [0.05, 0.1) is 18.0 Å². The van der Waals surface area contributed by atoms with Gasteiger partial charge in [0.1, 0.15) is 0 Å². The van der Waals surface area contributed by atoms with Crippen LogP contribution >= 0.6 is 34.8 Å². The fraction of sp³-hybridized carbons (Fsp3) is 0.286. The quantitative estimate of drug-likeness (QED) is 0.447. The summed E-state index contributed by atoms with van der Waals surface area (Å²) in [4.78, 5) is 38.2. The largest absolute Gasteiger partial charge is 0.353 e. The van der Waals surface area contributed by atoms with Gasteiger partial charge in [-0.1, -0.05) is 40.9 Å². The van der Waals surface area contributed by atoms with Gasteiger partial charge >= 0.3 is 0 Å². The highest BCUT2D eigenvalue weighted by atomic mass is 35.5. The van der Waals surface area contributed by atoms with E-state index in [2.05, 4.69) is 26.6 Å². The molecule has 0 saturated carbocycles. The first-order chi connectivity index (χ1) is 15.2. The number of carbonyl (C=O) groups excluding carboxylic acids is 3. The number of hydrogen-bond donors (Lipinski definition) is 5. The minimum absolute atomic E-state index is 0.107. The Balaban J connectivity index is 1.49. The number of hydrogen-bond acceptors (Lipinski definition) is 5. The maximum absolute atomic E-state index is 13.0. The van der Waals surface area contributed by atoms with Crippen molar-refractivity contribution in [1.29, 1.82) is 0 Å². The number of anilines is 2. The lowest BCUT2D eigenvalue weighted by Crippen LogP contribution is -2.72. The Hall–Kier alpha value is -2.52. The van der Waals surface area contributed by atoms with Gasteiger partial charge in [-0.05, 0) is 42.8 Å². The number of rotatable bonds is 4. The van der Waals surface area contributed by atoms with E-state index in [9.17, 15) is 14.4 Å². The molecule has 8 nitrogen and oxygen atoms in total. The lowest BCUT2D eigenvalue weighted by Gasteiger charge is -2.43. The average molecular weight is 497 g/mol. The van der Waals surface area contributed by atoms with E-state index in [1.165, 1.54) is 0 Å². The number of nitrogens with one attached hydrogen (secondary N) is 5. The number of benzene rings is 2. The summed E-state index contributed by atoms with van der Waals surface area (Å²) in [6, 6.07) is 10.0. The molecular weight excluding hydrogens is 477 g/mol. The molecule has 2 aromatic carbocycles. The number of halogens is 3. The second-order valence-corrected chi connectivity index (χ2v) is 9.03. The molecule has 0 aliphatic carbocycles. The van der Waals surface area contributed by atoms with E-state index in [0.717, 1.165) is 5.56 Å². The van der Waals surface area contributed by atoms with E-state index in [4.69, 9.17) is 34.8 Å². The van der Waals surface area contributed by atoms with Crippen LogP contribution in [0.1, 0.15) is 12.0 Å². The molecule has 2 aliphatic rings. The van der Waals surface area contributed by atoms with E-state index in [-0.39, 0.29) is 18.2 Å². The predicted octanol–water partition coefficient (Wildman–Crippen LogP) is 3.09. The molecule has 0 radical (unpaired) electrons. The van der Waals surface area contributed by atoms with Crippen LogP contribution in [0.25, 0.3) is 0 Å². The molecule has 4 unspecified atom stereocenters. The highest BCUT2D eigenvalue weighted by molar-refractivity contribution is 6.35. The van der Waals surface area contributed by atoms with E-state index < -0.39 is 30.2 Å². The Kier molecular flexibility index (Phi) is 6.48. The summed E-state index contributed by atoms with van der Waals surface area (Å²) in [7, 11) is 0. The number of aryl methyl sites for hydroxylation is 1. The third-order valence-corrected chi connectivity index (χ3v) is 6.24. The molecule has 2 heterocycles. The Morgan fingerprint density at radius 3 is 2.41 bits per heavy atom. The summed E-state index contributed by atoms with van der Waals surface area (Å²) in [5.74, 6) is -2.79. The van der Waals surface area contributed by atoms with E-state index in [1.807, 2.05) is 6.92 Å². The first-order valence-corrected chi connectivity index (χ1v) is 11.0. The highest BCUT2D eigenvalue weighted by Crippen LogP contribution is 2.29. The molecule has 2 fully saturated rings. The molecule has 5 N–H and O–H groups in total. The summed E-state index contributed by atoms with van der Waals surface area (Å²) in [5, 5.41) is 15.8. The van der Waals surface area contributed by atoms with Crippen LogP contribution in [0.5, 0.6) is 0 Å². The van der Waals surface area contributed by atoms with Crippen molar-refractivity contribution in [2.24, 2.45) is 11.8 Å². The molecule has 2 saturated heterocycles. The Bertz CT molecular complexity index is 1080. The van der Waals surface area contributed by atoms with Gasteiger partial charge in [0, 0.05) is 32.9 Å². The zero-order valence-electron chi connectivity index (χ0n) is 16.8. The molecular formula is C21H20Cl3N5O3. The van der Waals surface area contributed by atoms with Crippen molar-refractivity contribution in [3.05, 3.63) is 57.0 Å². The molecule has 3 amide bonds. The van der Waals surface area contributed by atoms with Crippen molar-refractivity contribution < 1.29 is 14.4 Å². The average Bonchev–Trinajstić information content (AvgIpc) is 2.69. The number of carbonyl (C=O) groups is 3. The molecule has 0 spiro atoms. The number of amides is 3. The molecule has 4 rings (SSSR count). The van der Waals surface area contributed by atoms with Gasteiger partial charge in [0.25, 0.3) is 0 Å². The van der Waals surface area contributed by atoms with Crippen LogP contribution in [0.2, 0.25) is 15.1 Å². The van der Waals surface area contributed by atoms with E-state index in [0.29, 0.717) is 26.4 Å². The molecule has 168 valence electrons. The summed E-state index contributed by atoms with van der Waals surface area (Å²) in [6.45, 7) is 1.85. The number of fused-ring (bicyclic) bond motifs is 1. The van der Waals surface area contributed by atoms with Gasteiger partial charge in [-0.3, -0.25) is 19.7 Å². The SMILES string of the molecule is Cc1ccc(NC(=O)C2CC(=O)NC3NC(Nc4cc(Cl)cc(Cl)c4)NC(=O)C32)cc1Cl. The Morgan fingerprint density at radius 2 is 1.72 bits per heavy atom. The topological polar surface area (TPSA) is 111 Å². The first-order valence-electron chi connectivity index (χ1n) is 9.85. The Morgan fingerprint density at radius 1 is 1.00 bits per heavy atom.